The zero-order valence-electron chi connectivity index (χ0n) is 32.1. The van der Waals surface area contributed by atoms with Crippen LogP contribution in [0.5, 0.6) is 0 Å². The molecule has 6 rings (SSSR count). The van der Waals surface area contributed by atoms with Gasteiger partial charge in [-0.15, -0.1) is 69.1 Å². The molecule has 0 N–H and O–H groups in total. The van der Waals surface area contributed by atoms with Crippen molar-refractivity contribution in [1.29, 1.82) is 0 Å². The molecule has 6 aromatic rings. The van der Waals surface area contributed by atoms with Crippen LogP contribution in [0.4, 0.5) is 0 Å². The number of hydrogen-bond acceptors (Lipinski definition) is 0. The first kappa shape index (κ1) is 39.6. The molecule has 0 bridgehead atoms. The number of aryl methyl sites for hydroxylation is 2. The van der Waals surface area contributed by atoms with E-state index >= 15 is 0 Å². The monoisotopic (exact) mass is 726 g/mol. The van der Waals surface area contributed by atoms with Crippen LogP contribution in [-0.4, -0.2) is 9.52 Å². The molecule has 6 aromatic carbocycles. The SMILES string of the molecule is C[Si]C.Cc1ccc(-c2cccc3[cH-]c(C(C)(C)C)cc23)c(C)c1C.Cc1ccc(-c2cccc3[cH-]c(C(C)(C)C)cc23)c(C)c1C.[Zr+2]. The Balaban J connectivity index is 0.000000236. The molecule has 0 saturated heterocycles. The van der Waals surface area contributed by atoms with E-state index in [1.165, 1.54) is 88.3 Å². The topological polar surface area (TPSA) is 0 Å². The van der Waals surface area contributed by atoms with Crippen LogP contribution in [0.25, 0.3) is 43.8 Å². The molecule has 0 nitrogen and oxygen atoms in total. The molecule has 0 heterocycles. The van der Waals surface area contributed by atoms with Crippen LogP contribution in [0.15, 0.2) is 84.9 Å². The Kier molecular flexibility index (Phi) is 13.1. The van der Waals surface area contributed by atoms with Gasteiger partial charge in [0.25, 0.3) is 0 Å². The van der Waals surface area contributed by atoms with Gasteiger partial charge in [0.2, 0.25) is 0 Å². The summed E-state index contributed by atoms with van der Waals surface area (Å²) in [7, 11) is 1.08. The van der Waals surface area contributed by atoms with Gasteiger partial charge in [-0.3, -0.25) is 0 Å². The summed E-state index contributed by atoms with van der Waals surface area (Å²) in [5.41, 5.74) is 17.0. The van der Waals surface area contributed by atoms with Crippen molar-refractivity contribution >= 4 is 31.1 Å². The Hall–Kier alpha value is -2.80. The van der Waals surface area contributed by atoms with Gasteiger partial charge < -0.3 is 0 Å². The standard InChI is InChI=1S/2C22H25.C2H6Si.Zr/c2*1-14-10-11-19(16(3)15(14)2)20-9-7-8-17-12-18(13-21(17)20)22(4,5)6;1-3-2;/h2*7-13H,1-6H3;1-2H3;/q2*-1;;+2. The molecule has 0 atom stereocenters. The van der Waals surface area contributed by atoms with Crippen molar-refractivity contribution in [2.45, 2.75) is 107 Å². The minimum atomic E-state index is 0. The predicted molar refractivity (Wildman–Crippen MR) is 213 cm³/mol. The van der Waals surface area contributed by atoms with Crippen LogP contribution < -0.4 is 0 Å². The summed E-state index contributed by atoms with van der Waals surface area (Å²) >= 11 is 0. The van der Waals surface area contributed by atoms with Crippen LogP contribution in [-0.2, 0) is 37.0 Å². The van der Waals surface area contributed by atoms with Gasteiger partial charge in [-0.1, -0.05) is 102 Å². The third kappa shape index (κ3) is 8.49. The maximum atomic E-state index is 2.37. The summed E-state index contributed by atoms with van der Waals surface area (Å²) in [6.45, 7) is 31.3. The average Bonchev–Trinajstić information content (AvgIpc) is 3.65. The van der Waals surface area contributed by atoms with Gasteiger partial charge in [-0.05, 0) is 96.9 Å². The quantitative estimate of drug-likeness (QED) is 0.123. The van der Waals surface area contributed by atoms with E-state index in [9.17, 15) is 0 Å². The number of benzene rings is 4. The van der Waals surface area contributed by atoms with Crippen molar-refractivity contribution in [1.82, 2.24) is 0 Å². The van der Waals surface area contributed by atoms with Gasteiger partial charge in [-0.2, -0.15) is 12.1 Å². The van der Waals surface area contributed by atoms with E-state index < -0.39 is 0 Å². The second-order valence-electron chi connectivity index (χ2n) is 15.5. The summed E-state index contributed by atoms with van der Waals surface area (Å²) in [4.78, 5) is 0. The van der Waals surface area contributed by atoms with Gasteiger partial charge in [0.1, 0.15) is 0 Å². The first-order valence-corrected chi connectivity index (χ1v) is 19.1. The van der Waals surface area contributed by atoms with Crippen LogP contribution in [0.2, 0.25) is 13.1 Å². The van der Waals surface area contributed by atoms with Crippen LogP contribution in [0.3, 0.4) is 0 Å². The molecule has 0 aliphatic heterocycles. The van der Waals surface area contributed by atoms with E-state index in [2.05, 4.69) is 181 Å². The molecule has 2 heteroatoms. The third-order valence-corrected chi connectivity index (χ3v) is 9.93. The van der Waals surface area contributed by atoms with Crippen LogP contribution in [0, 0.1) is 41.5 Å². The first-order valence-electron chi connectivity index (χ1n) is 17.1. The molecule has 2 radical (unpaired) electrons. The van der Waals surface area contributed by atoms with E-state index in [0.717, 1.165) is 9.52 Å². The zero-order valence-corrected chi connectivity index (χ0v) is 35.5. The molecule has 0 amide bonds. The fourth-order valence-corrected chi connectivity index (χ4v) is 6.30. The first-order chi connectivity index (χ1) is 22.0. The van der Waals surface area contributed by atoms with E-state index in [1.807, 2.05) is 0 Å². The Labute approximate surface area is 314 Å². The fourth-order valence-electron chi connectivity index (χ4n) is 6.30. The number of rotatable bonds is 2. The van der Waals surface area contributed by atoms with Crippen molar-refractivity contribution in [3.8, 4) is 22.3 Å². The molecular formula is C46H56SiZr. The third-order valence-electron chi connectivity index (χ3n) is 9.93. The van der Waals surface area contributed by atoms with E-state index in [-0.39, 0.29) is 37.0 Å². The van der Waals surface area contributed by atoms with Gasteiger partial charge in [0.15, 0.2) is 0 Å². The molecule has 0 aliphatic carbocycles. The zero-order chi connectivity index (χ0) is 34.8. The van der Waals surface area contributed by atoms with E-state index in [4.69, 9.17) is 0 Å². The number of hydrogen-bond donors (Lipinski definition) is 0. The van der Waals surface area contributed by atoms with E-state index in [1.54, 1.807) is 0 Å². The second kappa shape index (κ2) is 15.8. The largest absolute Gasteiger partial charge is 2.00 e. The minimum absolute atomic E-state index is 0. The maximum Gasteiger partial charge on any atom is 2.00 e. The molecule has 0 saturated carbocycles. The van der Waals surface area contributed by atoms with Gasteiger partial charge >= 0.3 is 26.2 Å². The summed E-state index contributed by atoms with van der Waals surface area (Å²) in [5, 5.41) is 5.44. The summed E-state index contributed by atoms with van der Waals surface area (Å²) in [5.74, 6) is 0. The predicted octanol–water partition coefficient (Wildman–Crippen LogP) is 13.7. The molecule has 248 valence electrons. The molecular weight excluding hydrogens is 672 g/mol. The summed E-state index contributed by atoms with van der Waals surface area (Å²) in [6, 6.07) is 31.8. The molecule has 0 spiro atoms. The fraction of sp³-hybridized carbons (Fsp3) is 0.348. The second-order valence-corrected chi connectivity index (χ2v) is 16.5. The Morgan fingerprint density at radius 1 is 0.458 bits per heavy atom. The smallest absolute Gasteiger partial charge is 0.164 e. The molecule has 0 aliphatic rings. The Morgan fingerprint density at radius 2 is 0.792 bits per heavy atom. The maximum absolute atomic E-state index is 2.37. The molecule has 0 unspecified atom stereocenters. The van der Waals surface area contributed by atoms with Gasteiger partial charge in [0.05, 0.1) is 0 Å². The van der Waals surface area contributed by atoms with Crippen molar-refractivity contribution in [2.24, 2.45) is 0 Å². The van der Waals surface area contributed by atoms with Crippen molar-refractivity contribution in [3.05, 3.63) is 129 Å². The number of fused-ring (bicyclic) bond motifs is 2. The van der Waals surface area contributed by atoms with Crippen molar-refractivity contribution in [3.63, 3.8) is 0 Å². The van der Waals surface area contributed by atoms with Crippen LogP contribution in [0.1, 0.15) is 86.1 Å². The molecule has 48 heavy (non-hydrogen) atoms. The van der Waals surface area contributed by atoms with Crippen molar-refractivity contribution < 1.29 is 26.2 Å². The normalized spacial score (nSPS) is 11.5. The summed E-state index contributed by atoms with van der Waals surface area (Å²) < 4.78 is 0. The Morgan fingerprint density at radius 3 is 1.10 bits per heavy atom. The van der Waals surface area contributed by atoms with Crippen LogP contribution >= 0.6 is 0 Å². The molecule has 0 aromatic heterocycles. The van der Waals surface area contributed by atoms with Crippen molar-refractivity contribution in [2.75, 3.05) is 0 Å². The Bertz CT molecular complexity index is 1850. The summed E-state index contributed by atoms with van der Waals surface area (Å²) in [6.07, 6.45) is 0. The van der Waals surface area contributed by atoms with E-state index in [0.29, 0.717) is 0 Å². The van der Waals surface area contributed by atoms with Gasteiger partial charge in [-0.25, -0.2) is 0 Å². The average molecular weight is 728 g/mol. The van der Waals surface area contributed by atoms with Gasteiger partial charge in [0, 0.05) is 9.52 Å². The molecule has 0 fully saturated rings. The minimum Gasteiger partial charge on any atom is -0.164 e.